The van der Waals surface area contributed by atoms with Crippen molar-refractivity contribution in [3.8, 4) is 0 Å². The molecule has 0 bridgehead atoms. The smallest absolute Gasteiger partial charge is 0.239 e. The number of carbonyl (C=O) groups excluding carboxylic acids is 1. The summed E-state index contributed by atoms with van der Waals surface area (Å²) >= 11 is 0. The summed E-state index contributed by atoms with van der Waals surface area (Å²) in [6.45, 7) is 6.20. The summed E-state index contributed by atoms with van der Waals surface area (Å²) in [6.07, 6.45) is 0. The van der Waals surface area contributed by atoms with Gasteiger partial charge in [-0.1, -0.05) is 6.07 Å². The molecule has 0 aliphatic rings. The zero-order chi connectivity index (χ0) is 13.8. The maximum Gasteiger partial charge on any atom is 0.239 e. The van der Waals surface area contributed by atoms with Gasteiger partial charge in [-0.05, 0) is 39.0 Å². The summed E-state index contributed by atoms with van der Waals surface area (Å²) in [5, 5.41) is 6.04. The van der Waals surface area contributed by atoms with Crippen LogP contribution in [0, 0.1) is 0 Å². The number of nitrogens with one attached hydrogen (secondary N) is 2. The highest BCUT2D eigenvalue weighted by Gasteiger charge is 2.13. The molecule has 1 aromatic carbocycles. The Morgan fingerprint density at radius 2 is 1.94 bits per heavy atom. The van der Waals surface area contributed by atoms with E-state index in [4.69, 9.17) is 0 Å². The molecule has 1 rings (SSSR count). The fourth-order valence-electron chi connectivity index (χ4n) is 1.54. The van der Waals surface area contributed by atoms with Gasteiger partial charge in [-0.2, -0.15) is 0 Å². The highest BCUT2D eigenvalue weighted by Crippen LogP contribution is 2.16. The monoisotopic (exact) mass is 249 g/mol. The first-order valence-corrected chi connectivity index (χ1v) is 6.10. The lowest BCUT2D eigenvalue weighted by molar-refractivity contribution is -0.120. The molecule has 0 unspecified atom stereocenters. The molecule has 100 valence electrons. The molecule has 1 amide bonds. The van der Waals surface area contributed by atoms with Gasteiger partial charge >= 0.3 is 0 Å². The van der Waals surface area contributed by atoms with E-state index < -0.39 is 0 Å². The van der Waals surface area contributed by atoms with Gasteiger partial charge in [0, 0.05) is 31.0 Å². The number of benzene rings is 1. The predicted octanol–water partition coefficient (Wildman–Crippen LogP) is 2.08. The van der Waals surface area contributed by atoms with E-state index in [9.17, 15) is 4.79 Å². The van der Waals surface area contributed by atoms with Crippen molar-refractivity contribution in [3.05, 3.63) is 24.3 Å². The maximum atomic E-state index is 11.7. The molecule has 0 saturated heterocycles. The Hall–Kier alpha value is -1.71. The zero-order valence-corrected chi connectivity index (χ0v) is 11.9. The van der Waals surface area contributed by atoms with Gasteiger partial charge in [0.1, 0.15) is 0 Å². The van der Waals surface area contributed by atoms with Crippen molar-refractivity contribution in [2.45, 2.75) is 26.3 Å². The lowest BCUT2D eigenvalue weighted by Gasteiger charge is -2.21. The summed E-state index contributed by atoms with van der Waals surface area (Å²) in [5.41, 5.74) is 1.87. The van der Waals surface area contributed by atoms with Crippen LogP contribution in [0.3, 0.4) is 0 Å². The Balaban J connectivity index is 2.53. The average Bonchev–Trinajstić information content (AvgIpc) is 2.24. The SMILES string of the molecule is CN(C)c1cccc(NCC(=O)NC(C)(C)C)c1. The van der Waals surface area contributed by atoms with Crippen molar-refractivity contribution < 1.29 is 4.79 Å². The third-order valence-corrected chi connectivity index (χ3v) is 2.33. The van der Waals surface area contributed by atoms with E-state index in [-0.39, 0.29) is 18.0 Å². The van der Waals surface area contributed by atoms with Crippen LogP contribution in [0.1, 0.15) is 20.8 Å². The fourth-order valence-corrected chi connectivity index (χ4v) is 1.54. The van der Waals surface area contributed by atoms with Crippen molar-refractivity contribution >= 4 is 17.3 Å². The first-order chi connectivity index (χ1) is 8.28. The number of amides is 1. The van der Waals surface area contributed by atoms with E-state index in [1.54, 1.807) is 0 Å². The minimum absolute atomic E-state index is 0.00208. The molecule has 0 aliphatic heterocycles. The van der Waals surface area contributed by atoms with Crippen molar-refractivity contribution in [2.75, 3.05) is 30.9 Å². The largest absolute Gasteiger partial charge is 0.378 e. The maximum absolute atomic E-state index is 11.7. The second kappa shape index (κ2) is 5.76. The molecule has 0 fully saturated rings. The van der Waals surface area contributed by atoms with Crippen molar-refractivity contribution in [1.82, 2.24) is 5.32 Å². The van der Waals surface area contributed by atoms with Crippen LogP contribution in [-0.4, -0.2) is 32.1 Å². The molecule has 0 heterocycles. The predicted molar refractivity (Wildman–Crippen MR) is 77.2 cm³/mol. The summed E-state index contributed by atoms with van der Waals surface area (Å²) in [6, 6.07) is 7.97. The number of carbonyl (C=O) groups is 1. The molecule has 0 saturated carbocycles. The van der Waals surface area contributed by atoms with Crippen molar-refractivity contribution in [2.24, 2.45) is 0 Å². The molecule has 1 aromatic rings. The lowest BCUT2D eigenvalue weighted by Crippen LogP contribution is -2.43. The minimum Gasteiger partial charge on any atom is -0.378 e. The Morgan fingerprint density at radius 3 is 2.50 bits per heavy atom. The van der Waals surface area contributed by atoms with E-state index in [1.165, 1.54) is 0 Å². The van der Waals surface area contributed by atoms with Gasteiger partial charge < -0.3 is 15.5 Å². The number of anilines is 2. The molecule has 4 nitrogen and oxygen atoms in total. The van der Waals surface area contributed by atoms with E-state index in [1.807, 2.05) is 64.0 Å². The van der Waals surface area contributed by atoms with Crippen molar-refractivity contribution in [1.29, 1.82) is 0 Å². The molecular weight excluding hydrogens is 226 g/mol. The quantitative estimate of drug-likeness (QED) is 0.858. The fraction of sp³-hybridized carbons (Fsp3) is 0.500. The van der Waals surface area contributed by atoms with Crippen LogP contribution < -0.4 is 15.5 Å². The van der Waals surface area contributed by atoms with Crippen LogP contribution in [-0.2, 0) is 4.79 Å². The molecule has 2 N–H and O–H groups in total. The van der Waals surface area contributed by atoms with Gasteiger partial charge in [-0.15, -0.1) is 0 Å². The van der Waals surface area contributed by atoms with Gasteiger partial charge in [0.15, 0.2) is 0 Å². The Kier molecular flexibility index (Phi) is 4.59. The number of hydrogen-bond donors (Lipinski definition) is 2. The van der Waals surface area contributed by atoms with Crippen LogP contribution in [0.15, 0.2) is 24.3 Å². The first kappa shape index (κ1) is 14.4. The second-order valence-corrected chi connectivity index (χ2v) is 5.60. The minimum atomic E-state index is -0.190. The summed E-state index contributed by atoms with van der Waals surface area (Å²) in [4.78, 5) is 13.7. The lowest BCUT2D eigenvalue weighted by atomic mass is 10.1. The van der Waals surface area contributed by atoms with E-state index in [0.29, 0.717) is 0 Å². The highest BCUT2D eigenvalue weighted by atomic mass is 16.2. The molecule has 4 heteroatoms. The van der Waals surface area contributed by atoms with Gasteiger partial charge in [-0.3, -0.25) is 4.79 Å². The Bertz CT molecular complexity index is 408. The summed E-state index contributed by atoms with van der Waals surface area (Å²) in [7, 11) is 3.98. The molecule has 0 aliphatic carbocycles. The van der Waals surface area contributed by atoms with E-state index >= 15 is 0 Å². The molecular formula is C14H23N3O. The molecule has 0 radical (unpaired) electrons. The van der Waals surface area contributed by atoms with Gasteiger partial charge in [0.05, 0.1) is 6.54 Å². The average molecular weight is 249 g/mol. The standard InChI is InChI=1S/C14H23N3O/c1-14(2,3)16-13(18)10-15-11-7-6-8-12(9-11)17(4)5/h6-9,15H,10H2,1-5H3,(H,16,18). The van der Waals surface area contributed by atoms with Crippen LogP contribution >= 0.6 is 0 Å². The number of hydrogen-bond acceptors (Lipinski definition) is 3. The van der Waals surface area contributed by atoms with Crippen LogP contribution in [0.2, 0.25) is 0 Å². The first-order valence-electron chi connectivity index (χ1n) is 6.10. The highest BCUT2D eigenvalue weighted by molar-refractivity contribution is 5.81. The topological polar surface area (TPSA) is 44.4 Å². The second-order valence-electron chi connectivity index (χ2n) is 5.60. The van der Waals surface area contributed by atoms with E-state index in [2.05, 4.69) is 10.6 Å². The van der Waals surface area contributed by atoms with Crippen LogP contribution in [0.25, 0.3) is 0 Å². The number of rotatable bonds is 4. The van der Waals surface area contributed by atoms with Crippen molar-refractivity contribution in [3.63, 3.8) is 0 Å². The van der Waals surface area contributed by atoms with Crippen LogP contribution in [0.4, 0.5) is 11.4 Å². The molecule has 0 atom stereocenters. The molecule has 18 heavy (non-hydrogen) atoms. The molecule has 0 aromatic heterocycles. The number of nitrogens with zero attached hydrogens (tertiary/aromatic N) is 1. The van der Waals surface area contributed by atoms with Crippen LogP contribution in [0.5, 0.6) is 0 Å². The Labute approximate surface area is 109 Å². The molecule has 0 spiro atoms. The third-order valence-electron chi connectivity index (χ3n) is 2.33. The zero-order valence-electron chi connectivity index (χ0n) is 11.9. The summed E-state index contributed by atoms with van der Waals surface area (Å²) < 4.78 is 0. The third kappa shape index (κ3) is 5.08. The summed E-state index contributed by atoms with van der Waals surface area (Å²) in [5.74, 6) is -0.00208. The van der Waals surface area contributed by atoms with Gasteiger partial charge in [-0.25, -0.2) is 0 Å². The Morgan fingerprint density at radius 1 is 1.28 bits per heavy atom. The van der Waals surface area contributed by atoms with E-state index in [0.717, 1.165) is 11.4 Å². The van der Waals surface area contributed by atoms with Gasteiger partial charge in [0.2, 0.25) is 5.91 Å². The normalized spacial score (nSPS) is 10.9. The van der Waals surface area contributed by atoms with Gasteiger partial charge in [0.25, 0.3) is 0 Å².